The molecule has 1 aliphatic heterocycles. The first-order chi connectivity index (χ1) is 14.3. The molecule has 0 saturated carbocycles. The van der Waals surface area contributed by atoms with Crippen LogP contribution < -0.4 is 4.90 Å². The Bertz CT molecular complexity index is 946. The maximum atomic E-state index is 13.2. The summed E-state index contributed by atoms with van der Waals surface area (Å²) in [5.41, 5.74) is -5.43. The molecule has 4 nitrogen and oxygen atoms in total. The number of carbonyl (C=O) groups is 1. The lowest BCUT2D eigenvalue weighted by molar-refractivity contribution is -0.376. The number of nitrogens with zero attached hydrogens (tertiary/aromatic N) is 2. The molecular weight excluding hydrogens is 450 g/mol. The summed E-state index contributed by atoms with van der Waals surface area (Å²) in [4.78, 5) is 18.0. The molecule has 1 aliphatic rings. The number of aromatic nitrogens is 1. The standard InChI is InChI=1S/C20H17ClF6N2O2/c21-16-7-4-12(11-28-16)9-17(30)29-8-2-1-3-13-10-14(5-6-15(13)29)18(31,19(22,23)24)20(25,26)27/h4-7,10-11,31H,1-3,8-9H2. The minimum Gasteiger partial charge on any atom is -0.369 e. The van der Waals surface area contributed by atoms with Gasteiger partial charge < -0.3 is 10.0 Å². The van der Waals surface area contributed by atoms with Crippen LogP contribution in [0.15, 0.2) is 36.5 Å². The molecule has 2 aromatic rings. The number of halogens is 7. The van der Waals surface area contributed by atoms with E-state index in [0.29, 0.717) is 30.5 Å². The highest BCUT2D eigenvalue weighted by molar-refractivity contribution is 6.29. The smallest absolute Gasteiger partial charge is 0.369 e. The zero-order valence-electron chi connectivity index (χ0n) is 15.9. The monoisotopic (exact) mass is 466 g/mol. The van der Waals surface area contributed by atoms with Crippen LogP contribution in [-0.2, 0) is 23.2 Å². The third-order valence-corrected chi connectivity index (χ3v) is 5.36. The molecule has 1 amide bonds. The molecule has 0 fully saturated rings. The molecule has 0 radical (unpaired) electrons. The van der Waals surface area contributed by atoms with Crippen molar-refractivity contribution in [2.24, 2.45) is 0 Å². The Morgan fingerprint density at radius 2 is 1.74 bits per heavy atom. The molecule has 11 heteroatoms. The van der Waals surface area contributed by atoms with Crippen LogP contribution in [-0.4, -0.2) is 34.9 Å². The summed E-state index contributed by atoms with van der Waals surface area (Å²) in [6.07, 6.45) is -9.46. The lowest BCUT2D eigenvalue weighted by Crippen LogP contribution is -2.54. The second-order valence-corrected chi connectivity index (χ2v) is 7.61. The SMILES string of the molecule is O=C(Cc1ccc(Cl)nc1)N1CCCCc2cc(C(O)(C(F)(F)F)C(F)(F)F)ccc21. The number of aryl methyl sites for hydroxylation is 1. The van der Waals surface area contributed by atoms with Crippen molar-refractivity contribution in [3.05, 3.63) is 58.4 Å². The zero-order valence-corrected chi connectivity index (χ0v) is 16.7. The molecule has 31 heavy (non-hydrogen) atoms. The van der Waals surface area contributed by atoms with Gasteiger partial charge in [-0.1, -0.05) is 29.8 Å². The lowest BCUT2D eigenvalue weighted by Gasteiger charge is -2.33. The maximum absolute atomic E-state index is 13.2. The molecule has 168 valence electrons. The second kappa shape index (κ2) is 8.31. The van der Waals surface area contributed by atoms with Crippen LogP contribution in [0, 0.1) is 0 Å². The fourth-order valence-corrected chi connectivity index (χ4v) is 3.62. The van der Waals surface area contributed by atoms with Crippen LogP contribution in [0.1, 0.15) is 29.5 Å². The number of amides is 1. The fraction of sp³-hybridized carbons (Fsp3) is 0.400. The summed E-state index contributed by atoms with van der Waals surface area (Å²) in [7, 11) is 0. The summed E-state index contributed by atoms with van der Waals surface area (Å²) in [6, 6.07) is 5.38. The van der Waals surface area contributed by atoms with Crippen molar-refractivity contribution >= 4 is 23.2 Å². The Labute approximate surface area is 178 Å². The van der Waals surface area contributed by atoms with E-state index in [0.717, 1.165) is 6.07 Å². The third-order valence-electron chi connectivity index (χ3n) is 5.13. The second-order valence-electron chi connectivity index (χ2n) is 7.22. The summed E-state index contributed by atoms with van der Waals surface area (Å²) < 4.78 is 79.3. The molecular formula is C20H17ClF6N2O2. The van der Waals surface area contributed by atoms with Gasteiger partial charge in [-0.3, -0.25) is 4.79 Å². The van der Waals surface area contributed by atoms with Gasteiger partial charge in [0.2, 0.25) is 5.91 Å². The molecule has 3 rings (SSSR count). The Morgan fingerprint density at radius 3 is 2.32 bits per heavy atom. The lowest BCUT2D eigenvalue weighted by atomic mass is 9.89. The number of fused-ring (bicyclic) bond motifs is 1. The highest BCUT2D eigenvalue weighted by atomic mass is 35.5. The molecule has 1 aromatic carbocycles. The zero-order chi connectivity index (χ0) is 23.0. The largest absolute Gasteiger partial charge is 0.430 e. The normalized spacial score (nSPS) is 15.4. The Balaban J connectivity index is 1.98. The van der Waals surface area contributed by atoms with Crippen molar-refractivity contribution in [3.8, 4) is 0 Å². The number of benzene rings is 1. The van der Waals surface area contributed by atoms with Crippen molar-refractivity contribution in [3.63, 3.8) is 0 Å². The highest BCUT2D eigenvalue weighted by Gasteiger charge is 2.71. The molecule has 0 bridgehead atoms. The van der Waals surface area contributed by atoms with Gasteiger partial charge in [0.05, 0.1) is 6.42 Å². The van der Waals surface area contributed by atoms with Gasteiger partial charge in [-0.2, -0.15) is 26.3 Å². The van der Waals surface area contributed by atoms with E-state index in [2.05, 4.69) is 4.98 Å². The number of anilines is 1. The van der Waals surface area contributed by atoms with Crippen LogP contribution in [0.5, 0.6) is 0 Å². The van der Waals surface area contributed by atoms with Crippen LogP contribution in [0.25, 0.3) is 0 Å². The topological polar surface area (TPSA) is 53.4 Å². The van der Waals surface area contributed by atoms with Crippen molar-refractivity contribution in [2.75, 3.05) is 11.4 Å². The van der Waals surface area contributed by atoms with Gasteiger partial charge in [0.15, 0.2) is 0 Å². The Hall–Kier alpha value is -2.33. The number of alkyl halides is 6. The third kappa shape index (κ3) is 4.50. The van der Waals surface area contributed by atoms with E-state index >= 15 is 0 Å². The molecule has 2 heterocycles. The first-order valence-corrected chi connectivity index (χ1v) is 9.62. The molecule has 0 saturated heterocycles. The predicted octanol–water partition coefficient (Wildman–Crippen LogP) is 4.96. The minimum absolute atomic E-state index is 0.0690. The number of hydrogen-bond acceptors (Lipinski definition) is 3. The highest BCUT2D eigenvalue weighted by Crippen LogP contribution is 2.50. The van der Waals surface area contributed by atoms with E-state index < -0.39 is 23.5 Å². The molecule has 0 aliphatic carbocycles. The van der Waals surface area contributed by atoms with Gasteiger partial charge >= 0.3 is 12.4 Å². The van der Waals surface area contributed by atoms with Crippen LogP contribution in [0.4, 0.5) is 32.0 Å². The molecule has 1 aromatic heterocycles. The number of rotatable bonds is 3. The Morgan fingerprint density at radius 1 is 1.06 bits per heavy atom. The van der Waals surface area contributed by atoms with Crippen LogP contribution in [0.3, 0.4) is 0 Å². The van der Waals surface area contributed by atoms with E-state index in [1.807, 2.05) is 0 Å². The van der Waals surface area contributed by atoms with E-state index in [-0.39, 0.29) is 41.7 Å². The first kappa shape index (κ1) is 23.3. The number of aliphatic hydroxyl groups is 1. The van der Waals surface area contributed by atoms with E-state index in [9.17, 15) is 36.2 Å². The van der Waals surface area contributed by atoms with Gasteiger partial charge in [-0.15, -0.1) is 0 Å². The molecule has 0 unspecified atom stereocenters. The number of carbonyl (C=O) groups excluding carboxylic acids is 1. The average Bonchev–Trinajstić information content (AvgIpc) is 2.89. The first-order valence-electron chi connectivity index (χ1n) is 9.24. The van der Waals surface area contributed by atoms with Crippen LogP contribution >= 0.6 is 11.6 Å². The van der Waals surface area contributed by atoms with Gasteiger partial charge in [0, 0.05) is 24.0 Å². The van der Waals surface area contributed by atoms with Crippen molar-refractivity contribution in [2.45, 2.75) is 43.6 Å². The van der Waals surface area contributed by atoms with Gasteiger partial charge in [0.1, 0.15) is 5.15 Å². The summed E-state index contributed by atoms with van der Waals surface area (Å²) in [6.45, 7) is 0.259. The van der Waals surface area contributed by atoms with E-state index in [1.54, 1.807) is 6.07 Å². The number of hydrogen-bond donors (Lipinski definition) is 1. The van der Waals surface area contributed by atoms with Crippen LogP contribution in [0.2, 0.25) is 5.15 Å². The summed E-state index contributed by atoms with van der Waals surface area (Å²) >= 11 is 5.71. The molecule has 0 atom stereocenters. The summed E-state index contributed by atoms with van der Waals surface area (Å²) in [5, 5.41) is 9.91. The average molecular weight is 467 g/mol. The quantitative estimate of drug-likeness (QED) is 0.514. The van der Waals surface area contributed by atoms with Crippen molar-refractivity contribution in [1.29, 1.82) is 0 Å². The van der Waals surface area contributed by atoms with Crippen molar-refractivity contribution < 1.29 is 36.2 Å². The van der Waals surface area contributed by atoms with E-state index in [1.165, 1.54) is 17.2 Å². The predicted molar refractivity (Wildman–Crippen MR) is 101 cm³/mol. The van der Waals surface area contributed by atoms with Gasteiger partial charge in [-0.05, 0) is 42.5 Å². The van der Waals surface area contributed by atoms with E-state index in [4.69, 9.17) is 11.6 Å². The maximum Gasteiger partial charge on any atom is 0.430 e. The minimum atomic E-state index is -5.97. The van der Waals surface area contributed by atoms with Gasteiger partial charge in [-0.25, -0.2) is 4.98 Å². The Kier molecular flexibility index (Phi) is 6.25. The summed E-state index contributed by atoms with van der Waals surface area (Å²) in [5.74, 6) is -0.387. The van der Waals surface area contributed by atoms with Crippen molar-refractivity contribution in [1.82, 2.24) is 4.98 Å². The molecule has 0 spiro atoms. The number of pyridine rings is 1. The van der Waals surface area contributed by atoms with Gasteiger partial charge in [0.25, 0.3) is 5.60 Å². The fourth-order valence-electron chi connectivity index (χ4n) is 3.51. The molecule has 1 N–H and O–H groups in total.